The number of H-pyrrole nitrogens is 1. The summed E-state index contributed by atoms with van der Waals surface area (Å²) >= 11 is 1.36. The molecular weight excluding hydrogens is 391 g/mol. The first-order valence-corrected chi connectivity index (χ1v) is 9.86. The van der Waals surface area contributed by atoms with Crippen LogP contribution in [0.1, 0.15) is 16.0 Å². The molecule has 0 aliphatic heterocycles. The Kier molecular flexibility index (Phi) is 4.84. The molecule has 0 amide bonds. The van der Waals surface area contributed by atoms with Crippen LogP contribution in [0.25, 0.3) is 21.3 Å². The van der Waals surface area contributed by atoms with Crippen LogP contribution < -0.4 is 16.0 Å². The summed E-state index contributed by atoms with van der Waals surface area (Å²) in [4.78, 5) is 30.2. The highest BCUT2D eigenvalue weighted by atomic mass is 32.1. The SMILES string of the molecule is COc1ccc(C)cc1-c1c(C)sc2[nH]c(=O)n(Cc3cccc(F)c3)c(=O)c12. The maximum atomic E-state index is 13.5. The van der Waals surface area contributed by atoms with Crippen molar-refractivity contribution in [2.75, 3.05) is 7.11 Å². The van der Waals surface area contributed by atoms with Gasteiger partial charge in [-0.05, 0) is 43.7 Å². The van der Waals surface area contributed by atoms with Gasteiger partial charge < -0.3 is 4.74 Å². The van der Waals surface area contributed by atoms with Crippen molar-refractivity contribution in [3.8, 4) is 16.9 Å². The Bertz CT molecular complexity index is 1350. The van der Waals surface area contributed by atoms with E-state index in [1.165, 1.54) is 23.5 Å². The fourth-order valence-corrected chi connectivity index (χ4v) is 4.58. The number of fused-ring (bicyclic) bond motifs is 1. The van der Waals surface area contributed by atoms with Gasteiger partial charge in [-0.2, -0.15) is 0 Å². The van der Waals surface area contributed by atoms with Crippen molar-refractivity contribution in [2.24, 2.45) is 0 Å². The smallest absolute Gasteiger partial charge is 0.329 e. The number of hydrogen-bond acceptors (Lipinski definition) is 4. The van der Waals surface area contributed by atoms with E-state index in [2.05, 4.69) is 4.98 Å². The fraction of sp³-hybridized carbons (Fsp3) is 0.182. The van der Waals surface area contributed by atoms with E-state index in [-0.39, 0.29) is 6.54 Å². The standard InChI is InChI=1S/C22H19FN2O3S/c1-12-7-8-17(28-3)16(9-12)18-13(2)29-20-19(18)21(26)25(22(27)24-20)11-14-5-4-6-15(23)10-14/h4-10H,11H2,1-3H3,(H,24,27). The molecule has 148 valence electrons. The van der Waals surface area contributed by atoms with E-state index in [0.29, 0.717) is 21.5 Å². The van der Waals surface area contributed by atoms with Crippen LogP contribution in [-0.2, 0) is 6.54 Å². The summed E-state index contributed by atoms with van der Waals surface area (Å²) in [5.41, 5.74) is 2.20. The van der Waals surface area contributed by atoms with E-state index in [4.69, 9.17) is 4.74 Å². The van der Waals surface area contributed by atoms with E-state index in [0.717, 1.165) is 26.1 Å². The highest BCUT2D eigenvalue weighted by Gasteiger charge is 2.20. The van der Waals surface area contributed by atoms with Gasteiger partial charge in [-0.25, -0.2) is 9.18 Å². The van der Waals surface area contributed by atoms with Crippen molar-refractivity contribution in [1.29, 1.82) is 0 Å². The highest BCUT2D eigenvalue weighted by molar-refractivity contribution is 7.19. The van der Waals surface area contributed by atoms with Gasteiger partial charge >= 0.3 is 5.69 Å². The maximum Gasteiger partial charge on any atom is 0.329 e. The summed E-state index contributed by atoms with van der Waals surface area (Å²) in [5.74, 6) is 0.241. The first kappa shape index (κ1) is 19.1. The van der Waals surface area contributed by atoms with Crippen molar-refractivity contribution < 1.29 is 9.13 Å². The summed E-state index contributed by atoms with van der Waals surface area (Å²) in [6, 6.07) is 11.7. The molecule has 2 aromatic carbocycles. The van der Waals surface area contributed by atoms with Crippen molar-refractivity contribution in [3.05, 3.63) is 85.1 Å². The summed E-state index contributed by atoms with van der Waals surface area (Å²) < 4.78 is 20.2. The van der Waals surface area contributed by atoms with Crippen LogP contribution in [0, 0.1) is 19.7 Å². The van der Waals surface area contributed by atoms with Crippen molar-refractivity contribution in [3.63, 3.8) is 0 Å². The molecule has 4 aromatic rings. The van der Waals surface area contributed by atoms with Crippen molar-refractivity contribution in [2.45, 2.75) is 20.4 Å². The third-order valence-electron chi connectivity index (χ3n) is 4.86. The van der Waals surface area contributed by atoms with Gasteiger partial charge in [0, 0.05) is 16.0 Å². The second-order valence-corrected chi connectivity index (χ2v) is 8.12. The monoisotopic (exact) mass is 410 g/mol. The van der Waals surface area contributed by atoms with Crippen LogP contribution in [0.2, 0.25) is 0 Å². The highest BCUT2D eigenvalue weighted by Crippen LogP contribution is 2.40. The average molecular weight is 410 g/mol. The lowest BCUT2D eigenvalue weighted by molar-refractivity contribution is 0.416. The van der Waals surface area contributed by atoms with Gasteiger partial charge in [0.1, 0.15) is 16.4 Å². The molecule has 4 rings (SSSR count). The Morgan fingerprint density at radius 2 is 1.93 bits per heavy atom. The second-order valence-electron chi connectivity index (χ2n) is 6.89. The van der Waals surface area contributed by atoms with Gasteiger partial charge in [0.25, 0.3) is 5.56 Å². The number of thiophene rings is 1. The predicted octanol–water partition coefficient (Wildman–Crippen LogP) is 4.23. The third kappa shape index (κ3) is 3.38. The molecule has 0 unspecified atom stereocenters. The van der Waals surface area contributed by atoms with Crippen LogP contribution in [-0.4, -0.2) is 16.7 Å². The molecule has 29 heavy (non-hydrogen) atoms. The molecule has 0 fully saturated rings. The number of halogens is 1. The molecule has 0 radical (unpaired) electrons. The summed E-state index contributed by atoms with van der Waals surface area (Å²) in [5, 5.41) is 0.437. The molecular formula is C22H19FN2O3S. The van der Waals surface area contributed by atoms with Gasteiger partial charge in [0.15, 0.2) is 0 Å². The first-order chi connectivity index (χ1) is 13.9. The summed E-state index contributed by atoms with van der Waals surface area (Å²) in [7, 11) is 1.59. The number of aryl methyl sites for hydroxylation is 2. The first-order valence-electron chi connectivity index (χ1n) is 9.04. The van der Waals surface area contributed by atoms with Crippen LogP contribution in [0.3, 0.4) is 0 Å². The molecule has 2 heterocycles. The fourth-order valence-electron chi connectivity index (χ4n) is 3.53. The largest absolute Gasteiger partial charge is 0.496 e. The molecule has 0 atom stereocenters. The van der Waals surface area contributed by atoms with E-state index < -0.39 is 17.1 Å². The number of methoxy groups -OCH3 is 1. The summed E-state index contributed by atoms with van der Waals surface area (Å²) in [6.07, 6.45) is 0. The molecule has 0 bridgehead atoms. The van der Waals surface area contributed by atoms with Gasteiger partial charge in [-0.3, -0.25) is 14.3 Å². The number of aromatic amines is 1. The molecule has 0 spiro atoms. The van der Waals surface area contributed by atoms with Gasteiger partial charge in [-0.1, -0.05) is 23.8 Å². The topological polar surface area (TPSA) is 64.1 Å². The Balaban J connectivity index is 1.99. The van der Waals surface area contributed by atoms with Gasteiger partial charge in [0.05, 0.1) is 19.0 Å². The molecule has 7 heteroatoms. The minimum Gasteiger partial charge on any atom is -0.496 e. The number of hydrogen-bond donors (Lipinski definition) is 1. The maximum absolute atomic E-state index is 13.5. The second kappa shape index (κ2) is 7.33. The lowest BCUT2D eigenvalue weighted by atomic mass is 10.0. The van der Waals surface area contributed by atoms with Crippen molar-refractivity contribution in [1.82, 2.24) is 9.55 Å². The Labute approximate surface area is 170 Å². The van der Waals surface area contributed by atoms with Crippen molar-refractivity contribution >= 4 is 21.6 Å². The van der Waals surface area contributed by atoms with E-state index in [9.17, 15) is 14.0 Å². The molecule has 5 nitrogen and oxygen atoms in total. The normalized spacial score (nSPS) is 11.2. The number of aromatic nitrogens is 2. The predicted molar refractivity (Wildman–Crippen MR) is 114 cm³/mol. The number of ether oxygens (including phenoxy) is 1. The number of nitrogens with zero attached hydrogens (tertiary/aromatic N) is 1. The molecule has 1 N–H and O–H groups in total. The minimum absolute atomic E-state index is 0.0127. The lowest BCUT2D eigenvalue weighted by Crippen LogP contribution is -2.35. The third-order valence-corrected chi connectivity index (χ3v) is 5.88. The Morgan fingerprint density at radius 1 is 1.14 bits per heavy atom. The van der Waals surface area contributed by atoms with Gasteiger partial charge in [0.2, 0.25) is 0 Å². The molecule has 0 saturated heterocycles. The number of benzene rings is 2. The number of rotatable bonds is 4. The molecule has 0 saturated carbocycles. The molecule has 2 aromatic heterocycles. The molecule has 0 aliphatic carbocycles. The van der Waals surface area contributed by atoms with E-state index in [1.807, 2.05) is 32.0 Å². The van der Waals surface area contributed by atoms with Crippen LogP contribution in [0.5, 0.6) is 5.75 Å². The lowest BCUT2D eigenvalue weighted by Gasteiger charge is -2.11. The zero-order valence-electron chi connectivity index (χ0n) is 16.2. The van der Waals surface area contributed by atoms with E-state index in [1.54, 1.807) is 19.2 Å². The summed E-state index contributed by atoms with van der Waals surface area (Å²) in [6.45, 7) is 3.87. The Morgan fingerprint density at radius 3 is 2.66 bits per heavy atom. The average Bonchev–Trinajstić information content (AvgIpc) is 3.00. The zero-order valence-corrected chi connectivity index (χ0v) is 17.0. The minimum atomic E-state index is -0.518. The van der Waals surface area contributed by atoms with Gasteiger partial charge in [-0.15, -0.1) is 11.3 Å². The molecule has 0 aliphatic rings. The van der Waals surface area contributed by atoms with E-state index >= 15 is 0 Å². The quantitative estimate of drug-likeness (QED) is 0.548. The van der Waals surface area contributed by atoms with Crippen LogP contribution in [0.15, 0.2) is 52.1 Å². The van der Waals surface area contributed by atoms with Crippen LogP contribution in [0.4, 0.5) is 4.39 Å². The van der Waals surface area contributed by atoms with Crippen LogP contribution >= 0.6 is 11.3 Å². The number of nitrogens with one attached hydrogen (secondary N) is 1. The Hall–Kier alpha value is -3.19. The zero-order chi connectivity index (χ0) is 20.7.